The molecule has 1 saturated heterocycles. The van der Waals surface area contributed by atoms with Crippen molar-refractivity contribution in [1.29, 1.82) is 0 Å². The normalized spacial score (nSPS) is 20.0. The molecule has 3 aromatic rings. The number of nitrogens with zero attached hydrogens (tertiary/aromatic N) is 3. The number of amides is 2. The van der Waals surface area contributed by atoms with Crippen molar-refractivity contribution in [2.24, 2.45) is 0 Å². The molecule has 3 aliphatic heterocycles. The quantitative estimate of drug-likeness (QED) is 0.0161. The topological polar surface area (TPSA) is 236 Å². The number of carbonyl (C=O) groups is 3. The lowest BCUT2D eigenvalue weighted by Crippen LogP contribution is -2.31. The summed E-state index contributed by atoms with van der Waals surface area (Å²) in [6, 6.07) is 12.5. The predicted molar refractivity (Wildman–Crippen MR) is 276 cm³/mol. The van der Waals surface area contributed by atoms with Crippen molar-refractivity contribution >= 4 is 67.1 Å². The van der Waals surface area contributed by atoms with E-state index >= 15 is 0 Å². The first-order valence-corrected chi connectivity index (χ1v) is 28.1. The van der Waals surface area contributed by atoms with Gasteiger partial charge in [0.1, 0.15) is 18.1 Å². The van der Waals surface area contributed by atoms with Gasteiger partial charge >= 0.3 is 5.97 Å². The van der Waals surface area contributed by atoms with Crippen molar-refractivity contribution in [3.63, 3.8) is 0 Å². The van der Waals surface area contributed by atoms with Crippen molar-refractivity contribution in [2.75, 3.05) is 31.7 Å². The molecule has 18 nitrogen and oxygen atoms in total. The van der Waals surface area contributed by atoms with Crippen LogP contribution >= 0.6 is 12.0 Å². The molecule has 1 atom stereocenters. The molecule has 0 bridgehead atoms. The Hall–Kier alpha value is -5.49. The Labute approximate surface area is 436 Å². The standard InChI is InChI=1S/C53H63N3O15S3/c1-8-27-54-45(53(6,26-29-67-7)43-32-39(72-71-70-60)30-34(2)50(43)54)23-17-37-14-12-13-36(51(37)68-38-18-20-40(21-19-38)73(61,62)63)16-22-44-52(4,5)42-33-41(74(64,65)66)31-35(3)49(42)55(44)28-11-9-10-15-48(59)69-56-46(57)24-25-47(56)58/h16-23,30-33H,8-15,24-29H2,1-7H3,(H2-,60,61,62,63,64,65,66)/p+1. The maximum atomic E-state index is 12.6. The van der Waals surface area contributed by atoms with Crippen molar-refractivity contribution in [3.8, 4) is 5.75 Å². The minimum absolute atomic E-state index is 0.00153. The smallest absolute Gasteiger partial charge is 0.333 e. The first-order valence-electron chi connectivity index (χ1n) is 24.5. The lowest BCUT2D eigenvalue weighted by molar-refractivity contribution is -0.438. The van der Waals surface area contributed by atoms with E-state index in [0.29, 0.717) is 79.4 Å². The molecule has 1 fully saturated rings. The Balaban J connectivity index is 1.31. The van der Waals surface area contributed by atoms with Gasteiger partial charge in [-0.2, -0.15) is 21.4 Å². The van der Waals surface area contributed by atoms with Gasteiger partial charge in [0.15, 0.2) is 5.71 Å². The Morgan fingerprint density at radius 3 is 2.20 bits per heavy atom. The number of anilines is 1. The van der Waals surface area contributed by atoms with Gasteiger partial charge in [-0.3, -0.25) is 18.7 Å². The van der Waals surface area contributed by atoms with Crippen LogP contribution in [0.2, 0.25) is 0 Å². The molecule has 4 aliphatic rings. The van der Waals surface area contributed by atoms with E-state index in [1.165, 1.54) is 36.4 Å². The second-order valence-corrected chi connectivity index (χ2v) is 23.2. The van der Waals surface area contributed by atoms with Gasteiger partial charge in [-0.25, -0.2) is 10.1 Å². The number of benzene rings is 3. The number of imide groups is 1. The average molecular weight is 1080 g/mol. The van der Waals surface area contributed by atoms with E-state index in [1.54, 1.807) is 14.0 Å². The SMILES string of the molecule is CCCN1/C(=C/C=C2\CCCC(/C=C/C3=[N+](CCCCCC(=O)ON4C(=O)CCC4=O)c4c(C)cc(S(=O)(=O)O)cc4C3(C)C)=C2Oc2ccc(S(=O)(=O)O)cc2)C(C)(CCOC)c2cc(SOOO)cc(C)c21. The van der Waals surface area contributed by atoms with Crippen LogP contribution in [0.4, 0.5) is 11.4 Å². The number of hydrogen-bond donors (Lipinski definition) is 3. The monoisotopic (exact) mass is 1080 g/mol. The molecule has 1 aliphatic carbocycles. The van der Waals surface area contributed by atoms with Crippen molar-refractivity contribution in [2.45, 2.75) is 138 Å². The third-order valence-corrected chi connectivity index (χ3v) is 16.3. The first kappa shape index (κ1) is 56.2. The molecule has 2 amide bonds. The maximum Gasteiger partial charge on any atom is 0.333 e. The molecule has 0 radical (unpaired) electrons. The maximum absolute atomic E-state index is 12.6. The van der Waals surface area contributed by atoms with E-state index in [1.807, 2.05) is 45.1 Å². The van der Waals surface area contributed by atoms with Gasteiger partial charge in [-0.05, 0) is 163 Å². The molecule has 7 rings (SSSR count). The summed E-state index contributed by atoms with van der Waals surface area (Å²) in [5.41, 5.74) is 7.46. The van der Waals surface area contributed by atoms with Crippen molar-refractivity contribution < 1.29 is 73.8 Å². The molecule has 3 N–H and O–H groups in total. The van der Waals surface area contributed by atoms with Gasteiger partial charge in [-0.1, -0.05) is 18.0 Å². The molecule has 0 spiro atoms. The highest BCUT2D eigenvalue weighted by atomic mass is 32.2. The van der Waals surface area contributed by atoms with Crippen LogP contribution in [0.5, 0.6) is 5.75 Å². The van der Waals surface area contributed by atoms with Crippen LogP contribution in [-0.2, 0) is 64.4 Å². The third-order valence-electron chi connectivity index (χ3n) is 14.0. The van der Waals surface area contributed by atoms with Gasteiger partial charge in [0, 0.05) is 84.8 Å². The Morgan fingerprint density at radius 2 is 1.55 bits per heavy atom. The number of unbranched alkanes of at least 4 members (excludes halogenated alkanes) is 2. The van der Waals surface area contributed by atoms with Gasteiger partial charge in [0.2, 0.25) is 5.69 Å². The number of methoxy groups -OCH3 is 1. The molecular formula is C53H64N3O15S3+. The fourth-order valence-electron chi connectivity index (χ4n) is 10.4. The Kier molecular flexibility index (Phi) is 17.6. The molecule has 21 heteroatoms. The second kappa shape index (κ2) is 23.2. The van der Waals surface area contributed by atoms with Crippen LogP contribution < -0.4 is 9.64 Å². The number of hydrogen-bond acceptors (Lipinski definition) is 15. The van der Waals surface area contributed by atoms with E-state index in [0.717, 1.165) is 81.4 Å². The number of rotatable bonds is 22. The third kappa shape index (κ3) is 12.1. The summed E-state index contributed by atoms with van der Waals surface area (Å²) in [6.07, 6.45) is 13.2. The summed E-state index contributed by atoms with van der Waals surface area (Å²) in [5.74, 6) is -0.901. The number of aryl methyl sites for hydroxylation is 2. The minimum atomic E-state index is -4.56. The zero-order valence-electron chi connectivity index (χ0n) is 42.6. The van der Waals surface area contributed by atoms with Crippen LogP contribution in [0.3, 0.4) is 0 Å². The summed E-state index contributed by atoms with van der Waals surface area (Å²) in [4.78, 5) is 44.2. The van der Waals surface area contributed by atoms with Crippen LogP contribution in [0.15, 0.2) is 110 Å². The highest BCUT2D eigenvalue weighted by molar-refractivity contribution is 7.94. The number of fused-ring (bicyclic) bond motifs is 2. The Morgan fingerprint density at radius 1 is 0.851 bits per heavy atom. The molecule has 3 heterocycles. The minimum Gasteiger partial charge on any atom is -0.457 e. The zero-order valence-corrected chi connectivity index (χ0v) is 45.1. The largest absolute Gasteiger partial charge is 0.457 e. The van der Waals surface area contributed by atoms with Crippen molar-refractivity contribution in [3.05, 3.63) is 118 Å². The number of ether oxygens (including phenoxy) is 2. The summed E-state index contributed by atoms with van der Waals surface area (Å²) in [6.45, 7) is 13.7. The highest BCUT2D eigenvalue weighted by Gasteiger charge is 2.47. The van der Waals surface area contributed by atoms with Crippen LogP contribution in [-0.4, -0.2) is 91.1 Å². The molecule has 398 valence electrons. The van der Waals surface area contributed by atoms with E-state index < -0.39 is 48.8 Å². The van der Waals surface area contributed by atoms with E-state index in [-0.39, 0.29) is 29.1 Å². The van der Waals surface area contributed by atoms with E-state index in [9.17, 15) is 40.3 Å². The van der Waals surface area contributed by atoms with Crippen LogP contribution in [0, 0.1) is 13.8 Å². The fraction of sp³-hybridized carbons (Fsp3) is 0.434. The highest BCUT2D eigenvalue weighted by Crippen LogP contribution is 2.53. The summed E-state index contributed by atoms with van der Waals surface area (Å²) < 4.78 is 88.5. The number of allylic oxidation sites excluding steroid dienone is 7. The zero-order chi connectivity index (χ0) is 53.8. The van der Waals surface area contributed by atoms with Crippen molar-refractivity contribution in [1.82, 2.24) is 5.06 Å². The first-order chi connectivity index (χ1) is 35.0. The van der Waals surface area contributed by atoms with Gasteiger partial charge in [-0.15, -0.1) is 9.40 Å². The van der Waals surface area contributed by atoms with Crippen LogP contribution in [0.25, 0.3) is 0 Å². The number of hydroxylamine groups is 2. The van der Waals surface area contributed by atoms with Gasteiger partial charge in [0.25, 0.3) is 32.1 Å². The lowest BCUT2D eigenvalue weighted by Gasteiger charge is -2.30. The van der Waals surface area contributed by atoms with Gasteiger partial charge in [0.05, 0.1) is 27.2 Å². The number of carbonyl (C=O) groups excluding carboxylic acids is 3. The predicted octanol–water partition coefficient (Wildman–Crippen LogP) is 9.88. The Bertz CT molecular complexity index is 3070. The lowest BCUT2D eigenvalue weighted by atomic mass is 9.78. The fourth-order valence-corrected chi connectivity index (χ4v) is 11.9. The molecular weight excluding hydrogens is 1010 g/mol. The molecule has 1 unspecified atom stereocenters. The molecule has 3 aromatic carbocycles. The van der Waals surface area contributed by atoms with E-state index in [4.69, 9.17) is 23.9 Å². The summed E-state index contributed by atoms with van der Waals surface area (Å²) in [7, 11) is -7.38. The molecule has 74 heavy (non-hydrogen) atoms. The van der Waals surface area contributed by atoms with Gasteiger partial charge < -0.3 is 19.2 Å². The summed E-state index contributed by atoms with van der Waals surface area (Å²) >= 11 is 0.901. The molecule has 0 aromatic heterocycles. The average Bonchev–Trinajstić information content (AvgIpc) is 3.87. The summed E-state index contributed by atoms with van der Waals surface area (Å²) in [5, 5.41) is 13.4. The second-order valence-electron chi connectivity index (χ2n) is 19.6. The molecule has 0 saturated carbocycles. The van der Waals surface area contributed by atoms with Crippen LogP contribution in [0.1, 0.15) is 121 Å². The van der Waals surface area contributed by atoms with E-state index in [2.05, 4.69) is 40.5 Å².